The van der Waals surface area contributed by atoms with Gasteiger partial charge in [0, 0.05) is 0 Å². The normalized spacial score (nSPS) is 12.1. The Morgan fingerprint density at radius 3 is 2.58 bits per heavy atom. The zero-order valence-corrected chi connectivity index (χ0v) is 14.1. The molecule has 0 aliphatic rings. The molecule has 0 saturated heterocycles. The van der Waals surface area contributed by atoms with Gasteiger partial charge in [-0.1, -0.05) is 35.0 Å². The van der Waals surface area contributed by atoms with Gasteiger partial charge in [0.15, 0.2) is 5.01 Å². The summed E-state index contributed by atoms with van der Waals surface area (Å²) in [6, 6.07) is 15.3. The number of rotatable bonds is 4. The van der Waals surface area contributed by atoms with Crippen molar-refractivity contribution in [2.24, 2.45) is 5.16 Å². The first-order valence-corrected chi connectivity index (χ1v) is 9.06. The highest BCUT2D eigenvalue weighted by Crippen LogP contribution is 2.22. The average molecular weight is 357 g/mol. The van der Waals surface area contributed by atoms with Crippen LogP contribution in [0.2, 0.25) is 0 Å². The van der Waals surface area contributed by atoms with Crippen LogP contribution >= 0.6 is 11.3 Å². The Morgan fingerprint density at radius 1 is 1.21 bits per heavy atom. The maximum atomic E-state index is 12.1. The number of fused-ring (bicyclic) bond motifs is 1. The van der Waals surface area contributed by atoms with E-state index in [-0.39, 0.29) is 10.6 Å². The number of benzene rings is 2. The second kappa shape index (κ2) is 6.39. The molecule has 8 heteroatoms. The topological polar surface area (TPSA) is 92.4 Å². The number of para-hydroxylation sites is 1. The highest BCUT2D eigenvalue weighted by atomic mass is 32.2. The summed E-state index contributed by atoms with van der Waals surface area (Å²) in [6.07, 6.45) is 0. The molecular formula is C16H11N3O3S2. The molecule has 0 aliphatic carbocycles. The van der Waals surface area contributed by atoms with Crippen LogP contribution in [0.25, 0.3) is 10.2 Å². The molecule has 120 valence electrons. The van der Waals surface area contributed by atoms with E-state index in [0.717, 1.165) is 10.3 Å². The van der Waals surface area contributed by atoms with E-state index >= 15 is 0 Å². The molecule has 2 aromatic carbocycles. The number of nitrogens with zero attached hydrogens (tertiary/aromatic N) is 3. The van der Waals surface area contributed by atoms with Crippen molar-refractivity contribution in [1.29, 1.82) is 5.26 Å². The van der Waals surface area contributed by atoms with Crippen LogP contribution in [0.4, 0.5) is 0 Å². The lowest BCUT2D eigenvalue weighted by molar-refractivity contribution is 0.339. The molecule has 0 bridgehead atoms. The maximum Gasteiger partial charge on any atom is 0.358 e. The quantitative estimate of drug-likeness (QED) is 0.528. The van der Waals surface area contributed by atoms with E-state index in [1.54, 1.807) is 18.2 Å². The Balaban J connectivity index is 1.91. The summed E-state index contributed by atoms with van der Waals surface area (Å²) in [6.45, 7) is 1.84. The summed E-state index contributed by atoms with van der Waals surface area (Å²) in [7, 11) is -4.08. The van der Waals surface area contributed by atoms with Crippen molar-refractivity contribution in [2.45, 2.75) is 11.8 Å². The van der Waals surface area contributed by atoms with Crippen molar-refractivity contribution in [3.05, 3.63) is 59.1 Å². The second-order valence-electron chi connectivity index (χ2n) is 4.88. The Hall–Kier alpha value is -2.76. The smallest absolute Gasteiger partial charge is 0.263 e. The van der Waals surface area contributed by atoms with Gasteiger partial charge in [0.25, 0.3) is 0 Å². The molecule has 0 amide bonds. The highest BCUT2D eigenvalue weighted by molar-refractivity contribution is 7.86. The summed E-state index contributed by atoms with van der Waals surface area (Å²) >= 11 is 1.24. The zero-order valence-electron chi connectivity index (χ0n) is 12.5. The molecule has 0 unspecified atom stereocenters. The maximum absolute atomic E-state index is 12.1. The number of thiazole rings is 1. The van der Waals surface area contributed by atoms with Gasteiger partial charge in [-0.15, -0.1) is 11.3 Å². The molecular weight excluding hydrogens is 346 g/mol. The standard InChI is InChI=1S/C16H11N3O3S2/c1-11-6-8-12(9-7-11)24(20,21)22-19-14(10-17)16-18-13-4-2-3-5-15(13)23-16/h2-9H,1H3. The van der Waals surface area contributed by atoms with E-state index in [2.05, 4.69) is 14.4 Å². The van der Waals surface area contributed by atoms with Gasteiger partial charge < -0.3 is 0 Å². The van der Waals surface area contributed by atoms with Gasteiger partial charge >= 0.3 is 10.1 Å². The third-order valence-electron chi connectivity index (χ3n) is 3.14. The van der Waals surface area contributed by atoms with Crippen LogP contribution in [-0.2, 0) is 14.4 Å². The Bertz CT molecular complexity index is 1030. The van der Waals surface area contributed by atoms with E-state index in [9.17, 15) is 13.7 Å². The number of oxime groups is 1. The summed E-state index contributed by atoms with van der Waals surface area (Å²) in [5, 5.41) is 13.0. The number of hydrogen-bond donors (Lipinski definition) is 0. The fourth-order valence-corrected chi connectivity index (χ4v) is 3.54. The van der Waals surface area contributed by atoms with Crippen LogP contribution in [0.3, 0.4) is 0 Å². The fourth-order valence-electron chi connectivity index (χ4n) is 1.92. The average Bonchev–Trinajstić information content (AvgIpc) is 2.99. The minimum Gasteiger partial charge on any atom is -0.263 e. The first-order chi connectivity index (χ1) is 11.5. The second-order valence-corrected chi connectivity index (χ2v) is 7.44. The van der Waals surface area contributed by atoms with Gasteiger partial charge in [-0.25, -0.2) is 4.98 Å². The molecule has 0 N–H and O–H groups in total. The summed E-state index contributed by atoms with van der Waals surface area (Å²) in [5.74, 6) is 0. The van der Waals surface area contributed by atoms with Crippen molar-refractivity contribution in [3.8, 4) is 6.07 Å². The van der Waals surface area contributed by atoms with E-state index in [0.29, 0.717) is 10.5 Å². The predicted molar refractivity (Wildman–Crippen MR) is 91.2 cm³/mol. The van der Waals surface area contributed by atoms with E-state index in [4.69, 9.17) is 0 Å². The molecule has 3 aromatic rings. The van der Waals surface area contributed by atoms with Crippen LogP contribution in [0, 0.1) is 18.3 Å². The molecule has 6 nitrogen and oxygen atoms in total. The van der Waals surface area contributed by atoms with Crippen LogP contribution < -0.4 is 0 Å². The van der Waals surface area contributed by atoms with Crippen LogP contribution in [-0.4, -0.2) is 19.1 Å². The number of aryl methyl sites for hydroxylation is 1. The third-order valence-corrected chi connectivity index (χ3v) is 5.30. The van der Waals surface area contributed by atoms with Gasteiger partial charge in [-0.3, -0.25) is 4.28 Å². The van der Waals surface area contributed by atoms with E-state index < -0.39 is 10.1 Å². The minimum atomic E-state index is -4.08. The first kappa shape index (κ1) is 16.1. The molecule has 0 radical (unpaired) electrons. The molecule has 0 saturated carbocycles. The SMILES string of the molecule is Cc1ccc(S(=O)(=O)ON=C(C#N)c2nc3ccccc3s2)cc1. The molecule has 0 aliphatic heterocycles. The minimum absolute atomic E-state index is 0.0292. The van der Waals surface area contributed by atoms with E-state index in [1.165, 1.54) is 23.5 Å². The van der Waals surface area contributed by atoms with Gasteiger partial charge in [-0.2, -0.15) is 13.7 Å². The largest absolute Gasteiger partial charge is 0.358 e. The molecule has 0 spiro atoms. The third kappa shape index (κ3) is 3.27. The predicted octanol–water partition coefficient (Wildman–Crippen LogP) is 3.24. The van der Waals surface area contributed by atoms with Crippen molar-refractivity contribution in [2.75, 3.05) is 0 Å². The van der Waals surface area contributed by atoms with Crippen LogP contribution in [0.5, 0.6) is 0 Å². The van der Waals surface area contributed by atoms with Crippen LogP contribution in [0.15, 0.2) is 58.6 Å². The number of aromatic nitrogens is 1. The molecule has 0 atom stereocenters. The first-order valence-electron chi connectivity index (χ1n) is 6.84. The summed E-state index contributed by atoms with van der Waals surface area (Å²) in [4.78, 5) is 4.23. The number of hydrogen-bond acceptors (Lipinski definition) is 7. The van der Waals surface area contributed by atoms with Crippen molar-refractivity contribution >= 4 is 37.4 Å². The van der Waals surface area contributed by atoms with Gasteiger partial charge in [-0.05, 0) is 31.2 Å². The summed E-state index contributed by atoms with van der Waals surface area (Å²) < 4.78 is 29.8. The Kier molecular flexibility index (Phi) is 4.29. The number of nitriles is 1. The lowest BCUT2D eigenvalue weighted by atomic mass is 10.2. The Labute approximate surface area is 142 Å². The fraction of sp³-hybridized carbons (Fsp3) is 0.0625. The van der Waals surface area contributed by atoms with Gasteiger partial charge in [0.1, 0.15) is 11.0 Å². The molecule has 1 heterocycles. The van der Waals surface area contributed by atoms with Crippen molar-refractivity contribution in [3.63, 3.8) is 0 Å². The van der Waals surface area contributed by atoms with Crippen LogP contribution in [0.1, 0.15) is 10.6 Å². The van der Waals surface area contributed by atoms with Gasteiger partial charge in [0.05, 0.1) is 10.2 Å². The van der Waals surface area contributed by atoms with Gasteiger partial charge in [0.2, 0.25) is 5.71 Å². The van der Waals surface area contributed by atoms with Crippen molar-refractivity contribution < 1.29 is 12.7 Å². The Morgan fingerprint density at radius 2 is 1.92 bits per heavy atom. The molecule has 0 fully saturated rings. The molecule has 3 rings (SSSR count). The molecule has 1 aromatic heterocycles. The lowest BCUT2D eigenvalue weighted by Crippen LogP contribution is -2.05. The monoisotopic (exact) mass is 357 g/mol. The zero-order chi connectivity index (χ0) is 17.2. The summed E-state index contributed by atoms with van der Waals surface area (Å²) in [5.41, 5.74) is 1.44. The van der Waals surface area contributed by atoms with E-state index in [1.807, 2.05) is 31.2 Å². The van der Waals surface area contributed by atoms with Crippen molar-refractivity contribution in [1.82, 2.24) is 4.98 Å². The molecule has 24 heavy (non-hydrogen) atoms. The lowest BCUT2D eigenvalue weighted by Gasteiger charge is -2.01. The highest BCUT2D eigenvalue weighted by Gasteiger charge is 2.17.